The smallest absolute Gasteiger partial charge is 0.192 e. The van der Waals surface area contributed by atoms with E-state index in [1.54, 1.807) is 0 Å². The summed E-state index contributed by atoms with van der Waals surface area (Å²) in [6.45, 7) is 11.4. The molecule has 2 aromatic carbocycles. The molecule has 0 aliphatic carbocycles. The predicted octanol–water partition coefficient (Wildman–Crippen LogP) is 6.80. The van der Waals surface area contributed by atoms with Crippen molar-refractivity contribution in [2.45, 2.75) is 102 Å². The summed E-state index contributed by atoms with van der Waals surface area (Å²) in [7, 11) is -1.96. The van der Waals surface area contributed by atoms with Crippen LogP contribution in [-0.2, 0) is 22.2 Å². The Kier molecular flexibility index (Phi) is 12.8. The van der Waals surface area contributed by atoms with Gasteiger partial charge in [0.25, 0.3) is 0 Å². The van der Waals surface area contributed by atoms with Crippen LogP contribution in [0, 0.1) is 0 Å². The lowest BCUT2D eigenvalue weighted by Crippen LogP contribution is -2.44. The number of aliphatic hydroxyl groups is 2. The first-order valence-corrected chi connectivity index (χ1v) is 16.2. The van der Waals surface area contributed by atoms with Gasteiger partial charge in [0.2, 0.25) is 0 Å². The first-order valence-electron chi connectivity index (χ1n) is 13.3. The highest BCUT2D eigenvalue weighted by Crippen LogP contribution is 2.38. The Morgan fingerprint density at radius 3 is 2.05 bits per heavy atom. The van der Waals surface area contributed by atoms with Crippen LogP contribution in [0.3, 0.4) is 0 Å². The van der Waals surface area contributed by atoms with Gasteiger partial charge in [0.15, 0.2) is 8.32 Å². The van der Waals surface area contributed by atoms with Crippen molar-refractivity contribution in [3.05, 3.63) is 82.2 Å². The molecule has 0 radical (unpaired) electrons. The van der Waals surface area contributed by atoms with E-state index >= 15 is 0 Å². The molecule has 2 rings (SSSR count). The van der Waals surface area contributed by atoms with Crippen LogP contribution in [0.15, 0.2) is 65.8 Å². The third-order valence-electron chi connectivity index (χ3n) is 7.29. The van der Waals surface area contributed by atoms with Gasteiger partial charge >= 0.3 is 0 Å². The first-order chi connectivity index (χ1) is 17.6. The Labute approximate surface area is 223 Å². The Morgan fingerprint density at radius 2 is 1.51 bits per heavy atom. The van der Waals surface area contributed by atoms with Crippen molar-refractivity contribution in [3.63, 3.8) is 0 Å². The fraction of sp³-hybridized carbons (Fsp3) is 0.586. The second kappa shape index (κ2) is 15.3. The highest BCUT2D eigenvalue weighted by Gasteiger charge is 2.39. The maximum atomic E-state index is 10.6. The lowest BCUT2D eigenvalue weighted by Gasteiger charge is -2.39. The molecule has 8 heteroatoms. The summed E-state index contributed by atoms with van der Waals surface area (Å²) < 4.78 is 13.1. The van der Waals surface area contributed by atoms with E-state index in [-0.39, 0.29) is 23.7 Å². The minimum Gasteiger partial charge on any atom is -0.414 e. The van der Waals surface area contributed by atoms with Crippen LogP contribution in [0.1, 0.15) is 57.6 Å². The van der Waals surface area contributed by atoms with Crippen LogP contribution >= 0.6 is 0 Å². The van der Waals surface area contributed by atoms with Gasteiger partial charge < -0.3 is 19.4 Å². The van der Waals surface area contributed by atoms with E-state index in [4.69, 9.17) is 14.7 Å². The zero-order chi connectivity index (χ0) is 27.3. The summed E-state index contributed by atoms with van der Waals surface area (Å²) in [5.74, 6) is 0. The average Bonchev–Trinajstić information content (AvgIpc) is 2.86. The Morgan fingerprint density at radius 1 is 0.946 bits per heavy atom. The van der Waals surface area contributed by atoms with Gasteiger partial charge in [-0.2, -0.15) is 0 Å². The van der Waals surface area contributed by atoms with Crippen molar-refractivity contribution in [1.29, 1.82) is 0 Å². The molecule has 204 valence electrons. The van der Waals surface area contributed by atoms with Crippen molar-refractivity contribution < 1.29 is 19.4 Å². The number of azide groups is 1. The number of ether oxygens (including phenoxy) is 1. The molecule has 37 heavy (non-hydrogen) atoms. The van der Waals surface area contributed by atoms with Crippen LogP contribution in [0.2, 0.25) is 18.1 Å². The second-order valence-electron chi connectivity index (χ2n) is 11.3. The van der Waals surface area contributed by atoms with Gasteiger partial charge in [-0.15, -0.1) is 0 Å². The number of hydrogen-bond donors (Lipinski definition) is 2. The molecule has 0 aromatic heterocycles. The normalized spacial score (nSPS) is 15.4. The zero-order valence-corrected chi connectivity index (χ0v) is 24.1. The summed E-state index contributed by atoms with van der Waals surface area (Å²) in [6.07, 6.45) is 2.47. The third-order valence-corrected chi connectivity index (χ3v) is 11.8. The maximum absolute atomic E-state index is 10.6. The average molecular weight is 528 g/mol. The van der Waals surface area contributed by atoms with Gasteiger partial charge in [-0.1, -0.05) is 86.5 Å². The molecule has 0 aliphatic heterocycles. The van der Waals surface area contributed by atoms with Gasteiger partial charge in [0, 0.05) is 11.0 Å². The standard InChI is InChI=1S/C29H45N3O4Si/c1-29(2,3)37(4,5)36-26(19-23-13-8-6-9-14-23)18-12-17-25(20-28(34)27(21-33)31-32-30)35-22-24-15-10-7-11-16-24/h6-11,13-16,25-28,33-34H,12,17-22H2,1-5H3/t25-,26+,27-,28-/m0/s1. The molecular weight excluding hydrogens is 482 g/mol. The molecule has 2 N–H and O–H groups in total. The van der Waals surface area contributed by atoms with E-state index in [0.717, 1.165) is 31.2 Å². The molecule has 0 spiro atoms. The summed E-state index contributed by atoms with van der Waals surface area (Å²) in [5, 5.41) is 23.8. The van der Waals surface area contributed by atoms with E-state index in [2.05, 4.69) is 68.2 Å². The Bertz CT molecular complexity index is 947. The van der Waals surface area contributed by atoms with Crippen LogP contribution < -0.4 is 0 Å². The maximum Gasteiger partial charge on any atom is 0.192 e. The summed E-state index contributed by atoms with van der Waals surface area (Å²) in [6, 6.07) is 19.5. The largest absolute Gasteiger partial charge is 0.414 e. The summed E-state index contributed by atoms with van der Waals surface area (Å²) >= 11 is 0. The van der Waals surface area contributed by atoms with E-state index in [1.807, 2.05) is 36.4 Å². The van der Waals surface area contributed by atoms with E-state index in [1.165, 1.54) is 5.56 Å². The van der Waals surface area contributed by atoms with Crippen molar-refractivity contribution in [2.75, 3.05) is 6.61 Å². The summed E-state index contributed by atoms with van der Waals surface area (Å²) in [4.78, 5) is 2.76. The lowest BCUT2D eigenvalue weighted by molar-refractivity contribution is -0.0128. The molecule has 0 saturated carbocycles. The molecule has 0 aliphatic rings. The van der Waals surface area contributed by atoms with Crippen molar-refractivity contribution in [3.8, 4) is 0 Å². The third kappa shape index (κ3) is 11.0. The molecule has 4 atom stereocenters. The number of aliphatic hydroxyl groups excluding tert-OH is 2. The van der Waals surface area contributed by atoms with E-state index < -0.39 is 27.1 Å². The van der Waals surface area contributed by atoms with Crippen molar-refractivity contribution >= 4 is 8.32 Å². The van der Waals surface area contributed by atoms with E-state index in [0.29, 0.717) is 6.61 Å². The lowest BCUT2D eigenvalue weighted by atomic mass is 9.98. The fourth-order valence-corrected chi connectivity index (χ4v) is 5.42. The minimum absolute atomic E-state index is 0.0939. The van der Waals surface area contributed by atoms with Gasteiger partial charge in [-0.05, 0) is 66.9 Å². The SMILES string of the molecule is CC(C)(C)[Si](C)(C)O[C@H](CCC[C@@H](C[C@H](O)[C@H](CO)N=[N+]=[N-])OCc1ccccc1)Cc1ccccc1. The van der Waals surface area contributed by atoms with Gasteiger partial charge in [-0.25, -0.2) is 0 Å². The van der Waals surface area contributed by atoms with Crippen LogP contribution in [0.4, 0.5) is 0 Å². The first kappa shape index (κ1) is 31.0. The molecule has 0 saturated heterocycles. The molecule has 0 amide bonds. The Hall–Kier alpha value is -2.19. The van der Waals surface area contributed by atoms with Gasteiger partial charge in [-0.3, -0.25) is 0 Å². The highest BCUT2D eigenvalue weighted by molar-refractivity contribution is 6.74. The molecular formula is C29H45N3O4Si. The zero-order valence-electron chi connectivity index (χ0n) is 23.1. The van der Waals surface area contributed by atoms with Gasteiger partial charge in [0.05, 0.1) is 31.5 Å². The van der Waals surface area contributed by atoms with Gasteiger partial charge in [0.1, 0.15) is 0 Å². The highest BCUT2D eigenvalue weighted by atomic mass is 28.4. The number of benzene rings is 2. The quantitative estimate of drug-likeness (QED) is 0.108. The molecule has 0 bridgehead atoms. The molecule has 7 nitrogen and oxygen atoms in total. The summed E-state index contributed by atoms with van der Waals surface area (Å²) in [5.41, 5.74) is 11.1. The monoisotopic (exact) mass is 527 g/mol. The molecule has 0 fully saturated rings. The molecule has 0 unspecified atom stereocenters. The van der Waals surface area contributed by atoms with E-state index in [9.17, 15) is 10.2 Å². The topological polar surface area (TPSA) is 108 Å². The van der Waals surface area contributed by atoms with Crippen LogP contribution in [-0.4, -0.2) is 49.5 Å². The van der Waals surface area contributed by atoms with Crippen LogP contribution in [0.25, 0.3) is 10.4 Å². The fourth-order valence-electron chi connectivity index (χ4n) is 4.03. The molecule has 2 aromatic rings. The van der Waals surface area contributed by atoms with Crippen LogP contribution in [0.5, 0.6) is 0 Å². The minimum atomic E-state index is -1.96. The Balaban J connectivity index is 2.09. The van der Waals surface area contributed by atoms with Crippen molar-refractivity contribution in [2.24, 2.45) is 5.11 Å². The second-order valence-corrected chi connectivity index (χ2v) is 16.1. The molecule has 0 heterocycles. The van der Waals surface area contributed by atoms with Crippen molar-refractivity contribution in [1.82, 2.24) is 0 Å². The predicted molar refractivity (Wildman–Crippen MR) is 152 cm³/mol. The number of hydrogen-bond acceptors (Lipinski definition) is 5. The number of rotatable bonds is 16. The number of nitrogens with zero attached hydrogens (tertiary/aromatic N) is 3.